The second kappa shape index (κ2) is 4.80. The third kappa shape index (κ3) is 3.55. The Bertz CT molecular complexity index is 366. The van der Waals surface area contributed by atoms with Gasteiger partial charge in [-0.05, 0) is 13.8 Å². The van der Waals surface area contributed by atoms with Crippen molar-refractivity contribution < 1.29 is 5.11 Å². The standard InChI is InChI=1S/C11H20N4OS/c1-11(2,16)8-14-3-5-15(6-4-14)10-13-7-9(12)17-10/h7,16H,3-6,8,12H2,1-2H3. The highest BCUT2D eigenvalue weighted by molar-refractivity contribution is 7.19. The highest BCUT2D eigenvalue weighted by Gasteiger charge is 2.23. The molecule has 17 heavy (non-hydrogen) atoms. The van der Waals surface area contributed by atoms with Crippen LogP contribution in [-0.2, 0) is 0 Å². The molecule has 0 radical (unpaired) electrons. The van der Waals surface area contributed by atoms with Gasteiger partial charge in [-0.3, -0.25) is 4.90 Å². The van der Waals surface area contributed by atoms with Crippen molar-refractivity contribution in [1.29, 1.82) is 0 Å². The lowest BCUT2D eigenvalue weighted by atomic mass is 10.1. The first-order valence-corrected chi connectivity index (χ1v) is 6.67. The summed E-state index contributed by atoms with van der Waals surface area (Å²) >= 11 is 1.53. The second-order valence-electron chi connectivity index (χ2n) is 5.12. The van der Waals surface area contributed by atoms with Crippen molar-refractivity contribution in [2.45, 2.75) is 19.4 Å². The van der Waals surface area contributed by atoms with Crippen molar-refractivity contribution in [1.82, 2.24) is 9.88 Å². The third-order valence-electron chi connectivity index (χ3n) is 2.76. The number of thiazole rings is 1. The Kier molecular flexibility index (Phi) is 3.56. The topological polar surface area (TPSA) is 65.6 Å². The predicted molar refractivity (Wildman–Crippen MR) is 71.5 cm³/mol. The maximum Gasteiger partial charge on any atom is 0.187 e. The van der Waals surface area contributed by atoms with Crippen molar-refractivity contribution in [3.63, 3.8) is 0 Å². The number of aromatic nitrogens is 1. The smallest absolute Gasteiger partial charge is 0.187 e. The lowest BCUT2D eigenvalue weighted by Crippen LogP contribution is -2.50. The first kappa shape index (κ1) is 12.6. The largest absolute Gasteiger partial charge is 0.389 e. The molecule has 1 aliphatic heterocycles. The van der Waals surface area contributed by atoms with Gasteiger partial charge in [0, 0.05) is 32.7 Å². The van der Waals surface area contributed by atoms with Crippen LogP contribution in [0.5, 0.6) is 0 Å². The Labute approximate surface area is 106 Å². The number of anilines is 2. The predicted octanol–water partition coefficient (Wildman–Crippen LogP) is 0.618. The van der Waals surface area contributed by atoms with Gasteiger partial charge in [0.1, 0.15) is 5.00 Å². The molecule has 2 rings (SSSR count). The van der Waals surface area contributed by atoms with Crippen molar-refractivity contribution in [2.75, 3.05) is 43.4 Å². The van der Waals surface area contributed by atoms with E-state index >= 15 is 0 Å². The average Bonchev–Trinajstić information content (AvgIpc) is 2.63. The van der Waals surface area contributed by atoms with E-state index in [2.05, 4.69) is 14.8 Å². The van der Waals surface area contributed by atoms with Crippen LogP contribution in [0.15, 0.2) is 6.20 Å². The minimum Gasteiger partial charge on any atom is -0.389 e. The fourth-order valence-electron chi connectivity index (χ4n) is 2.07. The molecule has 0 spiro atoms. The summed E-state index contributed by atoms with van der Waals surface area (Å²) in [5, 5.41) is 11.5. The van der Waals surface area contributed by atoms with Gasteiger partial charge in [0.25, 0.3) is 0 Å². The molecule has 0 bridgehead atoms. The van der Waals surface area contributed by atoms with E-state index in [1.54, 1.807) is 6.20 Å². The summed E-state index contributed by atoms with van der Waals surface area (Å²) in [5.74, 6) is 0. The van der Waals surface area contributed by atoms with Gasteiger partial charge in [0.2, 0.25) is 0 Å². The summed E-state index contributed by atoms with van der Waals surface area (Å²) in [6.45, 7) is 8.24. The summed E-state index contributed by atoms with van der Waals surface area (Å²) in [6, 6.07) is 0. The molecule has 0 amide bonds. The molecule has 0 saturated carbocycles. The lowest BCUT2D eigenvalue weighted by molar-refractivity contribution is 0.0345. The van der Waals surface area contributed by atoms with Crippen molar-refractivity contribution in [3.8, 4) is 0 Å². The lowest BCUT2D eigenvalue weighted by Gasteiger charge is -2.37. The van der Waals surface area contributed by atoms with Crippen LogP contribution in [0.2, 0.25) is 0 Å². The van der Waals surface area contributed by atoms with Gasteiger partial charge in [-0.25, -0.2) is 4.98 Å². The van der Waals surface area contributed by atoms with Gasteiger partial charge in [-0.15, -0.1) is 0 Å². The number of nitrogens with two attached hydrogens (primary N) is 1. The van der Waals surface area contributed by atoms with E-state index in [-0.39, 0.29) is 0 Å². The van der Waals surface area contributed by atoms with E-state index in [0.29, 0.717) is 0 Å². The van der Waals surface area contributed by atoms with Gasteiger partial charge >= 0.3 is 0 Å². The van der Waals surface area contributed by atoms with E-state index in [1.165, 1.54) is 11.3 Å². The molecule has 3 N–H and O–H groups in total. The van der Waals surface area contributed by atoms with Crippen LogP contribution < -0.4 is 10.6 Å². The fraction of sp³-hybridized carbons (Fsp3) is 0.727. The number of nitrogen functional groups attached to an aromatic ring is 1. The minimum absolute atomic E-state index is 0.617. The Hall–Kier alpha value is -0.850. The molecular weight excluding hydrogens is 236 g/mol. The highest BCUT2D eigenvalue weighted by Crippen LogP contribution is 2.25. The Balaban J connectivity index is 1.86. The number of nitrogens with zero attached hydrogens (tertiary/aromatic N) is 3. The number of β-amino-alcohol motifs (C(OH)–C–C–N with tert-alkyl or cyclic N) is 1. The zero-order chi connectivity index (χ0) is 12.5. The van der Waals surface area contributed by atoms with E-state index in [9.17, 15) is 5.11 Å². The van der Waals surface area contributed by atoms with Crippen LogP contribution >= 0.6 is 11.3 Å². The minimum atomic E-state index is -0.617. The maximum atomic E-state index is 9.77. The van der Waals surface area contributed by atoms with Crippen molar-refractivity contribution in [2.24, 2.45) is 0 Å². The average molecular weight is 256 g/mol. The summed E-state index contributed by atoms with van der Waals surface area (Å²) < 4.78 is 0. The van der Waals surface area contributed by atoms with E-state index in [4.69, 9.17) is 5.73 Å². The molecule has 0 aromatic carbocycles. The maximum absolute atomic E-state index is 9.77. The number of hydrogen-bond acceptors (Lipinski definition) is 6. The van der Waals surface area contributed by atoms with Gasteiger partial charge in [0.05, 0.1) is 11.8 Å². The molecule has 1 fully saturated rings. The first-order valence-electron chi connectivity index (χ1n) is 5.85. The fourth-order valence-corrected chi connectivity index (χ4v) is 2.80. The summed E-state index contributed by atoms with van der Waals surface area (Å²) in [7, 11) is 0. The van der Waals surface area contributed by atoms with Gasteiger partial charge in [-0.2, -0.15) is 0 Å². The SMILES string of the molecule is CC(C)(O)CN1CCN(c2ncc(N)s2)CC1. The summed E-state index contributed by atoms with van der Waals surface area (Å²) in [6.07, 6.45) is 1.71. The summed E-state index contributed by atoms with van der Waals surface area (Å²) in [4.78, 5) is 8.83. The van der Waals surface area contributed by atoms with Crippen LogP contribution in [-0.4, -0.2) is 53.3 Å². The molecule has 0 atom stereocenters. The number of piperazine rings is 1. The zero-order valence-electron chi connectivity index (χ0n) is 10.4. The van der Waals surface area contributed by atoms with E-state index in [0.717, 1.165) is 42.9 Å². The van der Waals surface area contributed by atoms with E-state index in [1.807, 2.05) is 13.8 Å². The molecule has 1 aromatic rings. The molecule has 2 heterocycles. The molecular formula is C11H20N4OS. The molecule has 1 aromatic heterocycles. The van der Waals surface area contributed by atoms with Crippen molar-refractivity contribution >= 4 is 21.5 Å². The Morgan fingerprint density at radius 2 is 2.06 bits per heavy atom. The number of aliphatic hydroxyl groups is 1. The molecule has 6 heteroatoms. The Morgan fingerprint density at radius 3 is 2.53 bits per heavy atom. The zero-order valence-corrected chi connectivity index (χ0v) is 11.2. The van der Waals surface area contributed by atoms with Crippen LogP contribution in [0.25, 0.3) is 0 Å². The normalized spacial score (nSPS) is 18.6. The van der Waals surface area contributed by atoms with E-state index < -0.39 is 5.60 Å². The monoisotopic (exact) mass is 256 g/mol. The van der Waals surface area contributed by atoms with Crippen LogP contribution in [0.4, 0.5) is 10.1 Å². The highest BCUT2D eigenvalue weighted by atomic mass is 32.1. The molecule has 1 aliphatic rings. The van der Waals surface area contributed by atoms with Gasteiger partial charge in [-0.1, -0.05) is 11.3 Å². The molecule has 0 aliphatic carbocycles. The molecule has 1 saturated heterocycles. The summed E-state index contributed by atoms with van der Waals surface area (Å²) in [5.41, 5.74) is 5.06. The van der Waals surface area contributed by atoms with Crippen LogP contribution in [0.1, 0.15) is 13.8 Å². The van der Waals surface area contributed by atoms with Crippen LogP contribution in [0.3, 0.4) is 0 Å². The molecule has 5 nitrogen and oxygen atoms in total. The van der Waals surface area contributed by atoms with Gasteiger partial charge < -0.3 is 15.7 Å². The quantitative estimate of drug-likeness (QED) is 0.830. The van der Waals surface area contributed by atoms with Crippen molar-refractivity contribution in [3.05, 3.63) is 6.20 Å². The third-order valence-corrected chi connectivity index (χ3v) is 3.65. The van der Waals surface area contributed by atoms with Crippen LogP contribution in [0, 0.1) is 0 Å². The molecule has 0 unspecified atom stereocenters. The number of hydrogen-bond donors (Lipinski definition) is 2. The second-order valence-corrected chi connectivity index (χ2v) is 6.16. The molecule has 96 valence electrons. The van der Waals surface area contributed by atoms with Gasteiger partial charge in [0.15, 0.2) is 5.13 Å². The number of rotatable bonds is 3. The first-order chi connectivity index (χ1) is 7.94. The Morgan fingerprint density at radius 1 is 1.41 bits per heavy atom.